The molecule has 0 saturated carbocycles. The molecule has 188 valence electrons. The third-order valence-corrected chi connectivity index (χ3v) is 7.74. The minimum atomic E-state index is -2.55. The van der Waals surface area contributed by atoms with Crippen molar-refractivity contribution in [2.75, 3.05) is 35.5 Å². The molecule has 10 heteroatoms. The normalized spacial score (nSPS) is 13.5. The summed E-state index contributed by atoms with van der Waals surface area (Å²) < 4.78 is 19.6. The van der Waals surface area contributed by atoms with E-state index in [2.05, 4.69) is 20.6 Å². The van der Waals surface area contributed by atoms with E-state index in [-0.39, 0.29) is 5.91 Å². The number of hydrogen-bond donors (Lipinski definition) is 2. The summed E-state index contributed by atoms with van der Waals surface area (Å²) in [6, 6.07) is 12.6. The lowest BCUT2D eigenvalue weighted by atomic mass is 9.99. The second-order valence-corrected chi connectivity index (χ2v) is 12.4. The average Bonchev–Trinajstić information content (AvgIpc) is 2.89. The van der Waals surface area contributed by atoms with E-state index in [4.69, 9.17) is 16.5 Å². The number of carbonyl (C=O) groups is 1. The quantitative estimate of drug-likeness (QED) is 0.266. The molecule has 2 aromatic carbocycles. The predicted molar refractivity (Wildman–Crippen MR) is 147 cm³/mol. The SMILES string of the molecule is COc1ccc(NC(=O)C2=CCCCC2)cc1Nc1ncc(N(Cl)c2ccccc2P(C)(C)=O)cn1. The van der Waals surface area contributed by atoms with E-state index in [0.29, 0.717) is 39.8 Å². The first-order valence-corrected chi connectivity index (χ1v) is 14.6. The van der Waals surface area contributed by atoms with Gasteiger partial charge in [-0.1, -0.05) is 18.2 Å². The maximum absolute atomic E-state index is 12.7. The van der Waals surface area contributed by atoms with Gasteiger partial charge in [0.05, 0.1) is 36.6 Å². The van der Waals surface area contributed by atoms with Crippen molar-refractivity contribution in [2.24, 2.45) is 0 Å². The number of amides is 1. The Labute approximate surface area is 216 Å². The Morgan fingerprint density at radius 3 is 2.53 bits per heavy atom. The Morgan fingerprint density at radius 2 is 1.86 bits per heavy atom. The van der Waals surface area contributed by atoms with Gasteiger partial charge in [0, 0.05) is 28.3 Å². The molecule has 8 nitrogen and oxygen atoms in total. The molecule has 1 aliphatic rings. The highest BCUT2D eigenvalue weighted by Crippen LogP contribution is 2.40. The third-order valence-electron chi connectivity index (χ3n) is 5.82. The second kappa shape index (κ2) is 11.1. The number of hydrogen-bond acceptors (Lipinski definition) is 7. The van der Waals surface area contributed by atoms with Gasteiger partial charge in [-0.3, -0.25) is 4.79 Å². The van der Waals surface area contributed by atoms with E-state index >= 15 is 0 Å². The average molecular weight is 526 g/mol. The van der Waals surface area contributed by atoms with Gasteiger partial charge in [-0.25, -0.2) is 14.4 Å². The van der Waals surface area contributed by atoms with Crippen LogP contribution in [0, 0.1) is 0 Å². The van der Waals surface area contributed by atoms with Gasteiger partial charge in [0.1, 0.15) is 12.9 Å². The molecular weight excluding hydrogens is 497 g/mol. The molecule has 3 aromatic rings. The summed E-state index contributed by atoms with van der Waals surface area (Å²) in [6.45, 7) is 3.41. The molecule has 2 N–H and O–H groups in total. The van der Waals surface area contributed by atoms with E-state index in [1.54, 1.807) is 51.0 Å². The van der Waals surface area contributed by atoms with Crippen LogP contribution in [0.2, 0.25) is 0 Å². The zero-order valence-corrected chi connectivity index (χ0v) is 22.1. The number of methoxy groups -OCH3 is 1. The van der Waals surface area contributed by atoms with Crippen molar-refractivity contribution >= 4 is 58.8 Å². The summed E-state index contributed by atoms with van der Waals surface area (Å²) in [5, 5.41) is 6.77. The monoisotopic (exact) mass is 525 g/mol. The lowest BCUT2D eigenvalue weighted by Gasteiger charge is -2.21. The van der Waals surface area contributed by atoms with Crippen LogP contribution in [0.15, 0.2) is 66.5 Å². The lowest BCUT2D eigenvalue weighted by molar-refractivity contribution is -0.113. The highest BCUT2D eigenvalue weighted by Gasteiger charge is 2.20. The van der Waals surface area contributed by atoms with Crippen LogP contribution in [-0.2, 0) is 9.36 Å². The molecule has 0 spiro atoms. The van der Waals surface area contributed by atoms with Gasteiger partial charge in [0.2, 0.25) is 5.95 Å². The summed E-state index contributed by atoms with van der Waals surface area (Å²) in [4.78, 5) is 21.4. The Balaban J connectivity index is 1.52. The van der Waals surface area contributed by atoms with Crippen LogP contribution in [-0.4, -0.2) is 36.3 Å². The van der Waals surface area contributed by atoms with Crippen LogP contribution in [0.1, 0.15) is 25.7 Å². The Morgan fingerprint density at radius 1 is 1.11 bits per heavy atom. The largest absolute Gasteiger partial charge is 0.495 e. The van der Waals surface area contributed by atoms with Crippen LogP contribution in [0.3, 0.4) is 0 Å². The number of anilines is 5. The van der Waals surface area contributed by atoms with E-state index in [1.807, 2.05) is 30.3 Å². The fourth-order valence-electron chi connectivity index (χ4n) is 3.97. The number of ether oxygens (including phenoxy) is 1. The van der Waals surface area contributed by atoms with Gasteiger partial charge in [-0.2, -0.15) is 0 Å². The summed E-state index contributed by atoms with van der Waals surface area (Å²) in [6.07, 6.45) is 9.04. The minimum Gasteiger partial charge on any atom is -0.495 e. The Kier molecular flexibility index (Phi) is 7.97. The van der Waals surface area contributed by atoms with Crippen LogP contribution in [0.4, 0.5) is 28.7 Å². The number of benzene rings is 2. The number of para-hydroxylation sites is 1. The first kappa shape index (κ1) is 25.7. The van der Waals surface area contributed by atoms with Crippen molar-refractivity contribution in [1.82, 2.24) is 9.97 Å². The van der Waals surface area contributed by atoms with Gasteiger partial charge >= 0.3 is 0 Å². The second-order valence-electron chi connectivity index (χ2n) is 8.85. The van der Waals surface area contributed by atoms with Crippen LogP contribution >= 0.6 is 18.9 Å². The summed E-state index contributed by atoms with van der Waals surface area (Å²) >= 11 is 6.58. The summed E-state index contributed by atoms with van der Waals surface area (Å²) in [5.74, 6) is 0.815. The number of nitrogens with one attached hydrogen (secondary N) is 2. The molecule has 1 amide bonds. The molecule has 36 heavy (non-hydrogen) atoms. The standard InChI is InChI=1S/C26H29ClN5O3P/c1-35-23-14-13-19(30-25(33)18-9-5-4-6-10-18)15-21(23)31-26-28-16-20(17-29-26)32(27)22-11-7-8-12-24(22)36(2,3)34/h7-9,11-17H,4-6,10H2,1-3H3,(H,30,33)(H,28,29,31). The maximum atomic E-state index is 12.7. The maximum Gasteiger partial charge on any atom is 0.251 e. The van der Waals surface area contributed by atoms with Crippen LogP contribution in [0.5, 0.6) is 5.75 Å². The Bertz CT molecular complexity index is 1320. The molecule has 1 aromatic heterocycles. The number of allylic oxidation sites excluding steroid dienone is 1. The van der Waals surface area contributed by atoms with Crippen molar-refractivity contribution in [3.05, 3.63) is 66.5 Å². The van der Waals surface area contributed by atoms with Crippen molar-refractivity contribution in [3.63, 3.8) is 0 Å². The highest BCUT2D eigenvalue weighted by molar-refractivity contribution is 7.70. The van der Waals surface area contributed by atoms with Gasteiger partial charge in [0.25, 0.3) is 5.91 Å². The van der Waals surface area contributed by atoms with Crippen molar-refractivity contribution in [2.45, 2.75) is 25.7 Å². The summed E-state index contributed by atoms with van der Waals surface area (Å²) in [5.41, 5.74) is 3.21. The van der Waals surface area contributed by atoms with Crippen molar-refractivity contribution in [1.29, 1.82) is 0 Å². The number of aromatic nitrogens is 2. The fraction of sp³-hybridized carbons (Fsp3) is 0.269. The number of halogens is 1. The summed E-state index contributed by atoms with van der Waals surface area (Å²) in [7, 11) is -0.977. The van der Waals surface area contributed by atoms with Crippen LogP contribution < -0.4 is 25.1 Å². The molecule has 4 rings (SSSR count). The molecule has 0 bridgehead atoms. The van der Waals surface area contributed by atoms with Gasteiger partial charge in [-0.05, 0) is 69.3 Å². The Hall–Kier alpha value is -3.35. The fourth-order valence-corrected chi connectivity index (χ4v) is 5.44. The molecule has 0 atom stereocenters. The molecular formula is C26H29ClN5O3P. The van der Waals surface area contributed by atoms with Gasteiger partial charge in [-0.15, -0.1) is 0 Å². The van der Waals surface area contributed by atoms with Crippen molar-refractivity contribution < 1.29 is 14.1 Å². The lowest BCUT2D eigenvalue weighted by Crippen LogP contribution is -2.16. The first-order chi connectivity index (χ1) is 17.3. The third kappa shape index (κ3) is 6.07. The zero-order valence-electron chi connectivity index (χ0n) is 20.5. The zero-order chi connectivity index (χ0) is 25.7. The van der Waals surface area contributed by atoms with E-state index in [0.717, 1.165) is 31.3 Å². The topological polar surface area (TPSA) is 96.5 Å². The molecule has 0 saturated heterocycles. The molecule has 1 heterocycles. The molecule has 1 aliphatic carbocycles. The highest BCUT2D eigenvalue weighted by atomic mass is 35.5. The number of rotatable bonds is 8. The van der Waals surface area contributed by atoms with Crippen molar-refractivity contribution in [3.8, 4) is 5.75 Å². The number of carbonyl (C=O) groups excluding carboxylic acids is 1. The molecule has 0 radical (unpaired) electrons. The molecule has 0 fully saturated rings. The van der Waals surface area contributed by atoms with Crippen LogP contribution in [0.25, 0.3) is 0 Å². The van der Waals surface area contributed by atoms with E-state index in [9.17, 15) is 9.36 Å². The molecule has 0 unspecified atom stereocenters. The number of nitrogens with zero attached hydrogens (tertiary/aromatic N) is 3. The van der Waals surface area contributed by atoms with Gasteiger partial charge < -0.3 is 19.9 Å². The predicted octanol–water partition coefficient (Wildman–Crippen LogP) is 6.21. The van der Waals surface area contributed by atoms with Gasteiger partial charge in [0.15, 0.2) is 0 Å². The molecule has 0 aliphatic heterocycles. The van der Waals surface area contributed by atoms with E-state index < -0.39 is 7.14 Å². The first-order valence-electron chi connectivity index (χ1n) is 11.6. The minimum absolute atomic E-state index is 0.0855. The van der Waals surface area contributed by atoms with E-state index in [1.165, 1.54) is 4.42 Å². The smallest absolute Gasteiger partial charge is 0.251 e.